The van der Waals surface area contributed by atoms with Crippen LogP contribution in [0.1, 0.15) is 19.8 Å². The second kappa shape index (κ2) is 12.0. The summed E-state index contributed by atoms with van der Waals surface area (Å²) in [5.41, 5.74) is 1.26. The summed E-state index contributed by atoms with van der Waals surface area (Å²) >= 11 is 0. The minimum Gasteiger partial charge on any atom is -0.497 e. The van der Waals surface area contributed by atoms with Gasteiger partial charge in [-0.25, -0.2) is 0 Å². The number of hydrogen-bond acceptors (Lipinski definition) is 5. The lowest BCUT2D eigenvalue weighted by Crippen LogP contribution is -2.52. The van der Waals surface area contributed by atoms with E-state index in [-0.39, 0.29) is 0 Å². The highest BCUT2D eigenvalue weighted by Crippen LogP contribution is 2.21. The highest BCUT2D eigenvalue weighted by atomic mass is 16.5. The standard InChI is InChI=1S/C23H39N5O2/c1-4-24-23(25-19-20-9-11-26(12-10-20)17-18-29-2)28-15-13-27(14-16-28)21-5-7-22(30-3)8-6-21/h5-8,20H,4,9-19H2,1-3H3,(H,24,25). The van der Waals surface area contributed by atoms with Crippen LogP contribution in [0.4, 0.5) is 5.69 Å². The summed E-state index contributed by atoms with van der Waals surface area (Å²) < 4.78 is 10.5. The Morgan fingerprint density at radius 3 is 2.33 bits per heavy atom. The van der Waals surface area contributed by atoms with Crippen molar-refractivity contribution in [2.45, 2.75) is 19.8 Å². The van der Waals surface area contributed by atoms with Crippen molar-refractivity contribution in [1.29, 1.82) is 0 Å². The summed E-state index contributed by atoms with van der Waals surface area (Å²) in [5.74, 6) is 2.68. The van der Waals surface area contributed by atoms with Crippen LogP contribution in [0.25, 0.3) is 0 Å². The lowest BCUT2D eigenvalue weighted by atomic mass is 9.97. The van der Waals surface area contributed by atoms with E-state index < -0.39 is 0 Å². The zero-order chi connectivity index (χ0) is 21.2. The van der Waals surface area contributed by atoms with E-state index in [1.165, 1.54) is 31.6 Å². The average Bonchev–Trinajstić information content (AvgIpc) is 2.81. The van der Waals surface area contributed by atoms with E-state index in [1.807, 2.05) is 12.1 Å². The number of nitrogens with one attached hydrogen (secondary N) is 1. The Bertz CT molecular complexity index is 635. The van der Waals surface area contributed by atoms with Gasteiger partial charge in [0.05, 0.1) is 13.7 Å². The Morgan fingerprint density at radius 2 is 1.73 bits per heavy atom. The molecule has 3 rings (SSSR count). The van der Waals surface area contributed by atoms with Gasteiger partial charge in [-0.3, -0.25) is 4.99 Å². The largest absolute Gasteiger partial charge is 0.497 e. The van der Waals surface area contributed by atoms with Gasteiger partial charge in [0.1, 0.15) is 5.75 Å². The van der Waals surface area contributed by atoms with Gasteiger partial charge in [-0.05, 0) is 63.0 Å². The second-order valence-electron chi connectivity index (χ2n) is 8.14. The normalized spacial score (nSPS) is 19.2. The predicted molar refractivity (Wildman–Crippen MR) is 124 cm³/mol. The molecule has 0 saturated carbocycles. The molecule has 168 valence electrons. The molecule has 1 aromatic carbocycles. The van der Waals surface area contributed by atoms with Crippen molar-refractivity contribution >= 4 is 11.6 Å². The molecule has 2 aliphatic heterocycles. The first-order chi connectivity index (χ1) is 14.7. The molecule has 2 fully saturated rings. The quantitative estimate of drug-likeness (QED) is 0.517. The fourth-order valence-corrected chi connectivity index (χ4v) is 4.22. The molecule has 0 amide bonds. The van der Waals surface area contributed by atoms with Crippen LogP contribution in [-0.2, 0) is 4.74 Å². The van der Waals surface area contributed by atoms with Gasteiger partial charge in [0.2, 0.25) is 0 Å². The topological polar surface area (TPSA) is 52.6 Å². The number of hydrogen-bond donors (Lipinski definition) is 1. The lowest BCUT2D eigenvalue weighted by molar-refractivity contribution is 0.121. The van der Waals surface area contributed by atoms with E-state index in [2.05, 4.69) is 39.1 Å². The third-order valence-electron chi connectivity index (χ3n) is 6.17. The summed E-state index contributed by atoms with van der Waals surface area (Å²) in [6.07, 6.45) is 2.47. The van der Waals surface area contributed by atoms with E-state index in [9.17, 15) is 0 Å². The van der Waals surface area contributed by atoms with Crippen molar-refractivity contribution in [3.05, 3.63) is 24.3 Å². The van der Waals surface area contributed by atoms with Gasteiger partial charge in [-0.15, -0.1) is 0 Å². The summed E-state index contributed by atoms with van der Waals surface area (Å²) in [5, 5.41) is 3.51. The maximum atomic E-state index is 5.27. The van der Waals surface area contributed by atoms with Gasteiger partial charge in [0.15, 0.2) is 5.96 Å². The maximum absolute atomic E-state index is 5.27. The number of methoxy groups -OCH3 is 2. The molecule has 7 heteroatoms. The number of nitrogens with zero attached hydrogens (tertiary/aromatic N) is 4. The number of benzene rings is 1. The lowest BCUT2D eigenvalue weighted by Gasteiger charge is -2.38. The summed E-state index contributed by atoms with van der Waals surface area (Å²) in [6.45, 7) is 12.2. The number of piperazine rings is 1. The van der Waals surface area contributed by atoms with E-state index in [0.717, 1.165) is 64.1 Å². The molecule has 7 nitrogen and oxygen atoms in total. The van der Waals surface area contributed by atoms with Crippen LogP contribution in [0.5, 0.6) is 5.75 Å². The Hall–Kier alpha value is -1.99. The van der Waals surface area contributed by atoms with Crippen molar-refractivity contribution < 1.29 is 9.47 Å². The summed E-state index contributed by atoms with van der Waals surface area (Å²) in [6, 6.07) is 8.36. The number of guanidine groups is 1. The fourth-order valence-electron chi connectivity index (χ4n) is 4.22. The molecule has 0 aromatic heterocycles. The van der Waals surface area contributed by atoms with Gasteiger partial charge in [-0.1, -0.05) is 0 Å². The van der Waals surface area contributed by atoms with Gasteiger partial charge < -0.3 is 29.5 Å². The number of piperidine rings is 1. The van der Waals surface area contributed by atoms with Gasteiger partial charge in [-0.2, -0.15) is 0 Å². The highest BCUT2D eigenvalue weighted by molar-refractivity contribution is 5.80. The van der Waals surface area contributed by atoms with Crippen LogP contribution in [0.3, 0.4) is 0 Å². The predicted octanol–water partition coefficient (Wildman–Crippen LogP) is 2.14. The zero-order valence-corrected chi connectivity index (χ0v) is 19.0. The van der Waals surface area contributed by atoms with Gasteiger partial charge in [0.25, 0.3) is 0 Å². The van der Waals surface area contributed by atoms with Crippen molar-refractivity contribution in [2.24, 2.45) is 10.9 Å². The van der Waals surface area contributed by atoms with Crippen LogP contribution in [-0.4, -0.2) is 95.5 Å². The highest BCUT2D eigenvalue weighted by Gasteiger charge is 2.22. The molecule has 2 heterocycles. The second-order valence-corrected chi connectivity index (χ2v) is 8.14. The van der Waals surface area contributed by atoms with Crippen molar-refractivity contribution in [3.63, 3.8) is 0 Å². The minimum atomic E-state index is 0.693. The molecule has 1 aromatic rings. The summed E-state index contributed by atoms with van der Waals surface area (Å²) in [4.78, 5) is 12.4. The number of anilines is 1. The molecular weight excluding hydrogens is 378 g/mol. The smallest absolute Gasteiger partial charge is 0.194 e. The monoisotopic (exact) mass is 417 g/mol. The van der Waals surface area contributed by atoms with Crippen LogP contribution >= 0.6 is 0 Å². The Kier molecular flexibility index (Phi) is 9.08. The first-order valence-corrected chi connectivity index (χ1v) is 11.4. The first-order valence-electron chi connectivity index (χ1n) is 11.4. The van der Waals surface area contributed by atoms with Gasteiger partial charge in [0, 0.05) is 58.6 Å². The molecule has 1 N–H and O–H groups in total. The zero-order valence-electron chi connectivity index (χ0n) is 19.0. The molecule has 0 unspecified atom stereocenters. The third kappa shape index (κ3) is 6.51. The number of aliphatic imine (C=N–C) groups is 1. The molecule has 30 heavy (non-hydrogen) atoms. The van der Waals surface area contributed by atoms with Crippen molar-refractivity contribution in [2.75, 3.05) is 84.6 Å². The molecule has 2 saturated heterocycles. The molecule has 0 spiro atoms. The Labute approximate surface area is 182 Å². The van der Waals surface area contributed by atoms with E-state index in [4.69, 9.17) is 14.5 Å². The van der Waals surface area contributed by atoms with E-state index >= 15 is 0 Å². The van der Waals surface area contributed by atoms with Gasteiger partial charge >= 0.3 is 0 Å². The van der Waals surface area contributed by atoms with Crippen LogP contribution in [0.15, 0.2) is 29.3 Å². The molecule has 0 atom stereocenters. The molecule has 0 bridgehead atoms. The summed E-state index contributed by atoms with van der Waals surface area (Å²) in [7, 11) is 3.49. The van der Waals surface area contributed by atoms with Crippen LogP contribution in [0, 0.1) is 5.92 Å². The van der Waals surface area contributed by atoms with E-state index in [0.29, 0.717) is 5.92 Å². The average molecular weight is 418 g/mol. The Morgan fingerprint density at radius 1 is 1.03 bits per heavy atom. The SMILES string of the molecule is CCNC(=NCC1CCN(CCOC)CC1)N1CCN(c2ccc(OC)cc2)CC1. The number of likely N-dealkylation sites (tertiary alicyclic amines) is 1. The number of rotatable bonds is 8. The molecule has 2 aliphatic rings. The van der Waals surface area contributed by atoms with Crippen molar-refractivity contribution in [1.82, 2.24) is 15.1 Å². The number of ether oxygens (including phenoxy) is 2. The Balaban J connectivity index is 1.48. The molecule has 0 aliphatic carbocycles. The fraction of sp³-hybridized carbons (Fsp3) is 0.696. The minimum absolute atomic E-state index is 0.693. The van der Waals surface area contributed by atoms with E-state index in [1.54, 1.807) is 14.2 Å². The maximum Gasteiger partial charge on any atom is 0.194 e. The first kappa shape index (κ1) is 22.7. The molecular formula is C23H39N5O2. The van der Waals surface area contributed by atoms with Crippen LogP contribution < -0.4 is 15.0 Å². The van der Waals surface area contributed by atoms with Crippen LogP contribution in [0.2, 0.25) is 0 Å². The molecule has 0 radical (unpaired) electrons. The third-order valence-corrected chi connectivity index (χ3v) is 6.17. The van der Waals surface area contributed by atoms with Crippen molar-refractivity contribution in [3.8, 4) is 5.75 Å².